The van der Waals surface area contributed by atoms with Crippen LogP contribution in [0.5, 0.6) is 0 Å². The normalized spacial score (nSPS) is 25.0. The summed E-state index contributed by atoms with van der Waals surface area (Å²) in [6, 6.07) is 28.2. The molecule has 0 aliphatic heterocycles. The predicted molar refractivity (Wildman–Crippen MR) is 87.6 cm³/mol. The smallest absolute Gasteiger partial charge is 0.183 e. The highest BCUT2D eigenvalue weighted by atomic mass is 35.7. The third-order valence-electron chi connectivity index (χ3n) is 4.91. The first-order valence-corrected chi connectivity index (χ1v) is 9.53. The van der Waals surface area contributed by atoms with E-state index in [1.54, 1.807) is 12.1 Å². The SMILES string of the molecule is [O-][Cl+3]([O-])([O-])OC1(c2ccccc2)C(c2ccccc2)C1c1ccccc1. The van der Waals surface area contributed by atoms with Gasteiger partial charge < -0.3 is 0 Å². The Morgan fingerprint density at radius 3 is 1.38 bits per heavy atom. The van der Waals surface area contributed by atoms with Gasteiger partial charge in [-0.15, -0.1) is 0 Å². The van der Waals surface area contributed by atoms with Gasteiger partial charge in [0.15, 0.2) is 0 Å². The van der Waals surface area contributed by atoms with Crippen molar-refractivity contribution in [2.75, 3.05) is 0 Å². The molecule has 132 valence electrons. The van der Waals surface area contributed by atoms with Gasteiger partial charge in [-0.05, 0) is 11.1 Å². The fourth-order valence-corrected chi connectivity index (χ4v) is 4.51. The molecular weight excluding hydrogens is 352 g/mol. The summed E-state index contributed by atoms with van der Waals surface area (Å²) in [5.41, 5.74) is 1.30. The summed E-state index contributed by atoms with van der Waals surface area (Å²) in [6.07, 6.45) is 0. The zero-order chi connectivity index (χ0) is 18.2. The third kappa shape index (κ3) is 3.03. The summed E-state index contributed by atoms with van der Waals surface area (Å²) in [4.78, 5) is 0. The molecule has 0 heterocycles. The average Bonchev–Trinajstić information content (AvgIpc) is 3.31. The molecule has 2 atom stereocenters. The Morgan fingerprint density at radius 1 is 0.615 bits per heavy atom. The fourth-order valence-electron chi connectivity index (χ4n) is 3.92. The van der Waals surface area contributed by atoms with E-state index < -0.39 is 15.8 Å². The molecule has 1 fully saturated rings. The van der Waals surface area contributed by atoms with Crippen molar-refractivity contribution in [2.45, 2.75) is 17.4 Å². The van der Waals surface area contributed by atoms with Crippen molar-refractivity contribution >= 4 is 0 Å². The molecule has 0 saturated heterocycles. The Bertz CT molecular complexity index is 817. The van der Waals surface area contributed by atoms with E-state index in [1.807, 2.05) is 78.9 Å². The second-order valence-electron chi connectivity index (χ2n) is 6.39. The zero-order valence-corrected chi connectivity index (χ0v) is 14.6. The molecule has 2 unspecified atom stereocenters. The highest BCUT2D eigenvalue weighted by Crippen LogP contribution is 2.71. The van der Waals surface area contributed by atoms with Crippen LogP contribution in [0.15, 0.2) is 91.0 Å². The van der Waals surface area contributed by atoms with Crippen LogP contribution in [0.4, 0.5) is 0 Å². The van der Waals surface area contributed by atoms with Gasteiger partial charge >= 0.3 is 0 Å². The van der Waals surface area contributed by atoms with Crippen molar-refractivity contribution < 1.29 is 28.5 Å². The van der Waals surface area contributed by atoms with Crippen LogP contribution in [0.1, 0.15) is 28.5 Å². The van der Waals surface area contributed by atoms with Crippen molar-refractivity contribution in [3.8, 4) is 0 Å². The quantitative estimate of drug-likeness (QED) is 0.681. The molecular formula is C21H17ClO4. The van der Waals surface area contributed by atoms with Gasteiger partial charge in [-0.3, -0.25) is 0 Å². The summed E-state index contributed by atoms with van der Waals surface area (Å²) < 4.78 is 40.1. The first kappa shape index (κ1) is 17.2. The van der Waals surface area contributed by atoms with E-state index in [9.17, 15) is 14.0 Å². The minimum atomic E-state index is -4.59. The van der Waals surface area contributed by atoms with E-state index in [2.05, 4.69) is 0 Å². The van der Waals surface area contributed by atoms with E-state index in [-0.39, 0.29) is 11.8 Å². The van der Waals surface area contributed by atoms with Gasteiger partial charge in [-0.25, -0.2) is 0 Å². The molecule has 1 saturated carbocycles. The molecule has 3 aromatic rings. The van der Waals surface area contributed by atoms with Gasteiger partial charge in [0.1, 0.15) is 0 Å². The van der Waals surface area contributed by atoms with Crippen LogP contribution in [0.2, 0.25) is 0 Å². The van der Waals surface area contributed by atoms with Crippen LogP contribution in [0, 0.1) is 10.2 Å². The lowest BCUT2D eigenvalue weighted by Gasteiger charge is -2.20. The Balaban J connectivity index is 1.89. The lowest BCUT2D eigenvalue weighted by Crippen LogP contribution is -2.62. The molecule has 0 N–H and O–H groups in total. The molecule has 0 bridgehead atoms. The maximum Gasteiger partial charge on any atom is 0.263 e. The molecule has 1 aliphatic rings. The van der Waals surface area contributed by atoms with Crippen molar-refractivity contribution in [1.29, 1.82) is 0 Å². The lowest BCUT2D eigenvalue weighted by atomic mass is 10.0. The Hall–Kier alpha value is -2.21. The lowest BCUT2D eigenvalue weighted by molar-refractivity contribution is -1.92. The molecule has 5 heteroatoms. The van der Waals surface area contributed by atoms with Crippen LogP contribution in [0.25, 0.3) is 0 Å². The van der Waals surface area contributed by atoms with Crippen LogP contribution in [-0.2, 0) is 9.89 Å². The van der Waals surface area contributed by atoms with E-state index in [1.165, 1.54) is 0 Å². The summed E-state index contributed by atoms with van der Waals surface area (Å²) >= 11 is 0. The largest absolute Gasteiger partial charge is 0.263 e. The topological polar surface area (TPSA) is 78.4 Å². The second kappa shape index (κ2) is 6.50. The molecule has 4 rings (SSSR count). The first-order chi connectivity index (χ1) is 12.5. The summed E-state index contributed by atoms with van der Waals surface area (Å²) in [7, 11) is -4.59. The van der Waals surface area contributed by atoms with Gasteiger partial charge in [-0.1, -0.05) is 91.0 Å². The molecule has 3 aromatic carbocycles. The van der Waals surface area contributed by atoms with Crippen LogP contribution >= 0.6 is 0 Å². The van der Waals surface area contributed by atoms with E-state index >= 15 is 0 Å². The minimum absolute atomic E-state index is 0.273. The summed E-state index contributed by atoms with van der Waals surface area (Å²) in [5, 5.41) is 0. The van der Waals surface area contributed by atoms with Crippen molar-refractivity contribution in [3.05, 3.63) is 108 Å². The zero-order valence-electron chi connectivity index (χ0n) is 13.8. The van der Waals surface area contributed by atoms with E-state index in [0.717, 1.165) is 11.1 Å². The van der Waals surface area contributed by atoms with Gasteiger partial charge in [0.2, 0.25) is 0 Å². The number of hydrogen-bond donors (Lipinski definition) is 0. The molecule has 0 spiro atoms. The van der Waals surface area contributed by atoms with Gasteiger partial charge in [0.05, 0.1) is 14.5 Å². The van der Waals surface area contributed by atoms with E-state index in [0.29, 0.717) is 5.56 Å². The highest BCUT2D eigenvalue weighted by molar-refractivity contribution is 5.51. The molecule has 0 aromatic heterocycles. The highest BCUT2D eigenvalue weighted by Gasteiger charge is 2.77. The summed E-state index contributed by atoms with van der Waals surface area (Å²) in [5.74, 6) is -0.547. The molecule has 1 aliphatic carbocycles. The van der Waals surface area contributed by atoms with Gasteiger partial charge in [0.25, 0.3) is 5.60 Å². The van der Waals surface area contributed by atoms with Gasteiger partial charge in [-0.2, -0.15) is 14.0 Å². The third-order valence-corrected chi connectivity index (χ3v) is 5.36. The molecule has 0 amide bonds. The van der Waals surface area contributed by atoms with Crippen LogP contribution in [0.3, 0.4) is 0 Å². The molecule has 26 heavy (non-hydrogen) atoms. The van der Waals surface area contributed by atoms with Crippen LogP contribution in [-0.4, -0.2) is 0 Å². The predicted octanol–water partition coefficient (Wildman–Crippen LogP) is 1.38. The Labute approximate surface area is 154 Å². The fraction of sp³-hybridized carbons (Fsp3) is 0.143. The maximum absolute atomic E-state index is 11.6. The van der Waals surface area contributed by atoms with Crippen molar-refractivity contribution in [1.82, 2.24) is 0 Å². The van der Waals surface area contributed by atoms with Crippen LogP contribution < -0.4 is 14.0 Å². The average molecular weight is 369 g/mol. The second-order valence-corrected chi connectivity index (χ2v) is 7.30. The van der Waals surface area contributed by atoms with Gasteiger partial charge in [0, 0.05) is 17.4 Å². The van der Waals surface area contributed by atoms with E-state index in [4.69, 9.17) is 4.29 Å². The maximum atomic E-state index is 11.6. The summed E-state index contributed by atoms with van der Waals surface area (Å²) in [6.45, 7) is 0. The number of hydrogen-bond acceptors (Lipinski definition) is 4. The first-order valence-electron chi connectivity index (χ1n) is 8.29. The monoisotopic (exact) mass is 368 g/mol. The molecule has 0 radical (unpaired) electrons. The Morgan fingerprint density at radius 2 is 1.00 bits per heavy atom. The van der Waals surface area contributed by atoms with Crippen molar-refractivity contribution in [2.24, 2.45) is 0 Å². The standard InChI is InChI=1S/C21H17ClO4/c23-22(24,25)26-21(18-14-8-3-9-15-18)19(16-10-4-1-5-11-16)20(21)17-12-6-2-7-13-17/h1-15,19-20H. The minimum Gasteiger partial charge on any atom is -0.183 e. The number of halogens is 1. The Kier molecular flexibility index (Phi) is 4.31. The van der Waals surface area contributed by atoms with Crippen molar-refractivity contribution in [3.63, 3.8) is 0 Å². The molecule has 4 nitrogen and oxygen atoms in total. The number of rotatable bonds is 5. The number of benzene rings is 3.